The van der Waals surface area contributed by atoms with Crippen LogP contribution >= 0.6 is 0 Å². The molecule has 120 valence electrons. The van der Waals surface area contributed by atoms with E-state index in [1.165, 1.54) is 0 Å². The van der Waals surface area contributed by atoms with Crippen LogP contribution in [0.1, 0.15) is 41.3 Å². The normalized spacial score (nSPS) is 11.7. The number of benzene rings is 2. The average Bonchev–Trinajstić information content (AvgIpc) is 2.54. The lowest BCUT2D eigenvalue weighted by atomic mass is 9.99. The second-order valence-electron chi connectivity index (χ2n) is 5.63. The van der Waals surface area contributed by atoms with Crippen molar-refractivity contribution in [3.8, 4) is 0 Å². The molecule has 0 saturated heterocycles. The number of carbonyl (C=O) groups excluding carboxylic acids is 1. The van der Waals surface area contributed by atoms with Crippen molar-refractivity contribution in [2.75, 3.05) is 0 Å². The molecule has 2 aromatic carbocycles. The maximum atomic E-state index is 12.5. The van der Waals surface area contributed by atoms with E-state index in [2.05, 4.69) is 5.32 Å². The van der Waals surface area contributed by atoms with Crippen molar-refractivity contribution in [2.45, 2.75) is 32.2 Å². The molecular weight excluding hydrogens is 290 g/mol. The summed E-state index contributed by atoms with van der Waals surface area (Å²) in [6.45, 7) is 1.82. The zero-order chi connectivity index (χ0) is 16.7. The van der Waals surface area contributed by atoms with Gasteiger partial charge in [0, 0.05) is 18.0 Å². The average molecular weight is 311 g/mol. The third-order valence-corrected chi connectivity index (χ3v) is 3.67. The SMILES string of the molecule is CC(CCC(=O)O)NC(=O)c1ccccc1Cc1ccccc1. The molecule has 4 heteroatoms. The Morgan fingerprint density at radius 3 is 2.39 bits per heavy atom. The summed E-state index contributed by atoms with van der Waals surface area (Å²) in [4.78, 5) is 23.1. The van der Waals surface area contributed by atoms with Crippen LogP contribution in [0.5, 0.6) is 0 Å². The lowest BCUT2D eigenvalue weighted by molar-refractivity contribution is -0.137. The molecule has 0 aliphatic carbocycles. The third kappa shape index (κ3) is 5.25. The fourth-order valence-corrected chi connectivity index (χ4v) is 2.43. The Bertz CT molecular complexity index is 667. The molecular formula is C19H21NO3. The molecule has 4 nitrogen and oxygen atoms in total. The minimum absolute atomic E-state index is 0.0487. The second-order valence-corrected chi connectivity index (χ2v) is 5.63. The third-order valence-electron chi connectivity index (χ3n) is 3.67. The molecule has 0 fully saturated rings. The monoisotopic (exact) mass is 311 g/mol. The Hall–Kier alpha value is -2.62. The van der Waals surface area contributed by atoms with Crippen molar-refractivity contribution in [1.29, 1.82) is 0 Å². The van der Waals surface area contributed by atoms with Crippen molar-refractivity contribution >= 4 is 11.9 Å². The Balaban J connectivity index is 2.07. The Morgan fingerprint density at radius 2 is 1.70 bits per heavy atom. The van der Waals surface area contributed by atoms with Crippen LogP contribution in [0.2, 0.25) is 0 Å². The smallest absolute Gasteiger partial charge is 0.303 e. The highest BCUT2D eigenvalue weighted by Crippen LogP contribution is 2.15. The van der Waals surface area contributed by atoms with Crippen molar-refractivity contribution in [2.24, 2.45) is 0 Å². The fourth-order valence-electron chi connectivity index (χ4n) is 2.43. The van der Waals surface area contributed by atoms with Crippen LogP contribution in [-0.2, 0) is 11.2 Å². The van der Waals surface area contributed by atoms with Gasteiger partial charge in [0.15, 0.2) is 0 Å². The quantitative estimate of drug-likeness (QED) is 0.825. The van der Waals surface area contributed by atoms with Crippen molar-refractivity contribution in [1.82, 2.24) is 5.32 Å². The Labute approximate surface area is 136 Å². The molecule has 1 atom stereocenters. The summed E-state index contributed by atoms with van der Waals surface area (Å²) in [5.74, 6) is -1.01. The van der Waals surface area contributed by atoms with Gasteiger partial charge in [0.2, 0.25) is 0 Å². The Kier molecular flexibility index (Phi) is 5.92. The maximum Gasteiger partial charge on any atom is 0.303 e. The second kappa shape index (κ2) is 8.13. The summed E-state index contributed by atoms with van der Waals surface area (Å²) in [5, 5.41) is 11.6. The first kappa shape index (κ1) is 16.7. The summed E-state index contributed by atoms with van der Waals surface area (Å²) in [6.07, 6.45) is 1.16. The predicted molar refractivity (Wildman–Crippen MR) is 89.5 cm³/mol. The van der Waals surface area contributed by atoms with Gasteiger partial charge in [-0.1, -0.05) is 48.5 Å². The zero-order valence-corrected chi connectivity index (χ0v) is 13.2. The molecule has 0 spiro atoms. The largest absolute Gasteiger partial charge is 0.481 e. The van der Waals surface area contributed by atoms with Gasteiger partial charge in [-0.05, 0) is 37.0 Å². The molecule has 2 rings (SSSR count). The number of hydrogen-bond acceptors (Lipinski definition) is 2. The van der Waals surface area contributed by atoms with Crippen LogP contribution in [-0.4, -0.2) is 23.0 Å². The van der Waals surface area contributed by atoms with E-state index in [-0.39, 0.29) is 18.4 Å². The number of carboxylic acid groups (broad SMARTS) is 1. The number of hydrogen-bond donors (Lipinski definition) is 2. The minimum atomic E-state index is -0.851. The molecule has 0 saturated carbocycles. The lowest BCUT2D eigenvalue weighted by Crippen LogP contribution is -2.33. The lowest BCUT2D eigenvalue weighted by Gasteiger charge is -2.15. The van der Waals surface area contributed by atoms with Crippen LogP contribution in [0.4, 0.5) is 0 Å². The number of rotatable bonds is 7. The van der Waals surface area contributed by atoms with E-state index in [0.717, 1.165) is 11.1 Å². The van der Waals surface area contributed by atoms with Gasteiger partial charge in [-0.2, -0.15) is 0 Å². The summed E-state index contributed by atoms with van der Waals surface area (Å²) >= 11 is 0. The van der Waals surface area contributed by atoms with Gasteiger partial charge in [-0.25, -0.2) is 0 Å². The number of amides is 1. The van der Waals surface area contributed by atoms with Gasteiger partial charge in [0.1, 0.15) is 0 Å². The number of aliphatic carboxylic acids is 1. The van der Waals surface area contributed by atoms with Crippen LogP contribution < -0.4 is 5.32 Å². The highest BCUT2D eigenvalue weighted by atomic mass is 16.4. The van der Waals surface area contributed by atoms with E-state index in [4.69, 9.17) is 5.11 Å². The number of carboxylic acids is 1. The molecule has 0 heterocycles. The first-order valence-electron chi connectivity index (χ1n) is 7.70. The van der Waals surface area contributed by atoms with Crippen molar-refractivity contribution < 1.29 is 14.7 Å². The topological polar surface area (TPSA) is 66.4 Å². The molecule has 2 aromatic rings. The summed E-state index contributed by atoms with van der Waals surface area (Å²) in [7, 11) is 0. The fraction of sp³-hybridized carbons (Fsp3) is 0.263. The molecule has 23 heavy (non-hydrogen) atoms. The van der Waals surface area contributed by atoms with Gasteiger partial charge >= 0.3 is 5.97 Å². The van der Waals surface area contributed by atoms with Gasteiger partial charge in [-0.3, -0.25) is 9.59 Å². The molecule has 1 amide bonds. The molecule has 0 bridgehead atoms. The summed E-state index contributed by atoms with van der Waals surface area (Å²) < 4.78 is 0. The van der Waals surface area contributed by atoms with E-state index < -0.39 is 5.97 Å². The van der Waals surface area contributed by atoms with Crippen LogP contribution in [0.15, 0.2) is 54.6 Å². The van der Waals surface area contributed by atoms with Gasteiger partial charge in [0.05, 0.1) is 0 Å². The standard InChI is InChI=1S/C19H21NO3/c1-14(11-12-18(21)22)20-19(23)17-10-6-5-9-16(17)13-15-7-3-2-4-8-15/h2-10,14H,11-13H2,1H3,(H,20,23)(H,21,22). The minimum Gasteiger partial charge on any atom is -0.481 e. The van der Waals surface area contributed by atoms with Gasteiger partial charge < -0.3 is 10.4 Å². The van der Waals surface area contributed by atoms with Crippen LogP contribution in [0, 0.1) is 0 Å². The van der Waals surface area contributed by atoms with Crippen LogP contribution in [0.3, 0.4) is 0 Å². The molecule has 1 unspecified atom stereocenters. The van der Waals surface area contributed by atoms with E-state index in [1.807, 2.05) is 55.5 Å². The predicted octanol–water partition coefficient (Wildman–Crippen LogP) is 3.26. The molecule has 0 aliphatic heterocycles. The van der Waals surface area contributed by atoms with Crippen molar-refractivity contribution in [3.63, 3.8) is 0 Å². The van der Waals surface area contributed by atoms with Crippen molar-refractivity contribution in [3.05, 3.63) is 71.3 Å². The number of carbonyl (C=O) groups is 2. The Morgan fingerprint density at radius 1 is 1.04 bits per heavy atom. The number of nitrogens with one attached hydrogen (secondary N) is 1. The molecule has 0 aliphatic rings. The maximum absolute atomic E-state index is 12.5. The highest BCUT2D eigenvalue weighted by Gasteiger charge is 2.14. The zero-order valence-electron chi connectivity index (χ0n) is 13.2. The summed E-state index contributed by atoms with van der Waals surface area (Å²) in [5.41, 5.74) is 2.74. The summed E-state index contributed by atoms with van der Waals surface area (Å²) in [6, 6.07) is 17.3. The van der Waals surface area contributed by atoms with E-state index in [0.29, 0.717) is 18.4 Å². The first-order chi connectivity index (χ1) is 11.1. The molecule has 2 N–H and O–H groups in total. The van der Waals surface area contributed by atoms with E-state index >= 15 is 0 Å². The first-order valence-corrected chi connectivity index (χ1v) is 7.70. The molecule has 0 radical (unpaired) electrons. The molecule has 0 aromatic heterocycles. The highest BCUT2D eigenvalue weighted by molar-refractivity contribution is 5.96. The van der Waals surface area contributed by atoms with E-state index in [9.17, 15) is 9.59 Å². The van der Waals surface area contributed by atoms with E-state index in [1.54, 1.807) is 6.07 Å². The van der Waals surface area contributed by atoms with Gasteiger partial charge in [-0.15, -0.1) is 0 Å². The van der Waals surface area contributed by atoms with Gasteiger partial charge in [0.25, 0.3) is 5.91 Å². The van der Waals surface area contributed by atoms with Crippen LogP contribution in [0.25, 0.3) is 0 Å².